The van der Waals surface area contributed by atoms with Crippen LogP contribution in [0.2, 0.25) is 0 Å². The minimum Gasteiger partial charge on any atom is -0.396 e. The highest BCUT2D eigenvalue weighted by Gasteiger charge is 2.42. The van der Waals surface area contributed by atoms with Gasteiger partial charge in [0.05, 0.1) is 0 Å². The van der Waals surface area contributed by atoms with Crippen LogP contribution in [0.1, 0.15) is 33.6 Å². The Bertz CT molecular complexity index is 167. The zero-order chi connectivity index (χ0) is 10.1. The smallest absolute Gasteiger partial charge is 0.0499 e. The first-order valence-electron chi connectivity index (χ1n) is 5.16. The van der Waals surface area contributed by atoms with Gasteiger partial charge in [0.1, 0.15) is 0 Å². The SMILES string of the molecule is CN(CC(C)(C)C)CC1(CO)CC1. The molecule has 1 saturated carbocycles. The number of hydrogen-bond donors (Lipinski definition) is 1. The van der Waals surface area contributed by atoms with E-state index in [0.29, 0.717) is 12.0 Å². The zero-order valence-electron chi connectivity index (χ0n) is 9.43. The molecule has 13 heavy (non-hydrogen) atoms. The average molecular weight is 185 g/mol. The van der Waals surface area contributed by atoms with Crippen LogP contribution in [0.15, 0.2) is 0 Å². The minimum absolute atomic E-state index is 0.264. The Morgan fingerprint density at radius 2 is 1.85 bits per heavy atom. The molecular weight excluding hydrogens is 162 g/mol. The number of nitrogens with zero attached hydrogens (tertiary/aromatic N) is 1. The molecule has 0 saturated heterocycles. The molecule has 1 rings (SSSR count). The van der Waals surface area contributed by atoms with Gasteiger partial charge in [-0.15, -0.1) is 0 Å². The fourth-order valence-corrected chi connectivity index (χ4v) is 1.98. The Morgan fingerprint density at radius 1 is 1.31 bits per heavy atom. The minimum atomic E-state index is 0.264. The molecule has 0 aromatic heterocycles. The van der Waals surface area contributed by atoms with Gasteiger partial charge in [-0.3, -0.25) is 0 Å². The monoisotopic (exact) mass is 185 g/mol. The first kappa shape index (κ1) is 11.0. The molecule has 0 radical (unpaired) electrons. The molecule has 1 fully saturated rings. The zero-order valence-corrected chi connectivity index (χ0v) is 9.43. The van der Waals surface area contributed by atoms with Gasteiger partial charge in [0.15, 0.2) is 0 Å². The molecule has 0 spiro atoms. The summed E-state index contributed by atoms with van der Waals surface area (Å²) in [5.41, 5.74) is 0.625. The molecule has 1 N–H and O–H groups in total. The van der Waals surface area contributed by atoms with Crippen molar-refractivity contribution in [1.82, 2.24) is 4.90 Å². The molecular formula is C11H23NO. The third kappa shape index (κ3) is 3.65. The number of aliphatic hydroxyl groups is 1. The van der Waals surface area contributed by atoms with Crippen molar-refractivity contribution in [2.24, 2.45) is 10.8 Å². The maximum atomic E-state index is 9.18. The number of aliphatic hydroxyl groups excluding tert-OH is 1. The molecule has 0 unspecified atom stereocenters. The van der Waals surface area contributed by atoms with Gasteiger partial charge in [-0.05, 0) is 25.3 Å². The Labute approximate surface area is 81.9 Å². The van der Waals surface area contributed by atoms with Crippen LogP contribution in [-0.2, 0) is 0 Å². The maximum Gasteiger partial charge on any atom is 0.0499 e. The predicted molar refractivity (Wildman–Crippen MR) is 55.7 cm³/mol. The fourth-order valence-electron chi connectivity index (χ4n) is 1.98. The lowest BCUT2D eigenvalue weighted by Gasteiger charge is -2.29. The van der Waals surface area contributed by atoms with Crippen molar-refractivity contribution in [3.8, 4) is 0 Å². The van der Waals surface area contributed by atoms with Gasteiger partial charge in [-0.2, -0.15) is 0 Å². The molecule has 0 bridgehead atoms. The summed E-state index contributed by atoms with van der Waals surface area (Å²) in [4.78, 5) is 2.35. The highest BCUT2D eigenvalue weighted by molar-refractivity contribution is 4.94. The third-order valence-electron chi connectivity index (χ3n) is 2.64. The van der Waals surface area contributed by atoms with Gasteiger partial charge >= 0.3 is 0 Å². The Hall–Kier alpha value is -0.0800. The molecule has 2 heteroatoms. The van der Waals surface area contributed by atoms with Crippen LogP contribution >= 0.6 is 0 Å². The number of rotatable bonds is 4. The molecule has 2 nitrogen and oxygen atoms in total. The number of hydrogen-bond acceptors (Lipinski definition) is 2. The first-order chi connectivity index (χ1) is 5.87. The van der Waals surface area contributed by atoms with E-state index in [2.05, 4.69) is 32.7 Å². The molecule has 0 aromatic rings. The van der Waals surface area contributed by atoms with Crippen LogP contribution in [0.25, 0.3) is 0 Å². The van der Waals surface area contributed by atoms with Crippen LogP contribution in [0, 0.1) is 10.8 Å². The van der Waals surface area contributed by atoms with Crippen molar-refractivity contribution in [1.29, 1.82) is 0 Å². The lowest BCUT2D eigenvalue weighted by Crippen LogP contribution is -2.35. The van der Waals surface area contributed by atoms with E-state index in [0.717, 1.165) is 13.1 Å². The standard InChI is InChI=1S/C11H23NO/c1-10(2,3)7-12(4)8-11(9-13)5-6-11/h13H,5-9H2,1-4H3. The molecule has 78 valence electrons. The van der Waals surface area contributed by atoms with Crippen molar-refractivity contribution in [2.75, 3.05) is 26.7 Å². The van der Waals surface area contributed by atoms with E-state index < -0.39 is 0 Å². The molecule has 1 aliphatic rings. The second-order valence-electron chi connectivity index (χ2n) is 5.89. The lowest BCUT2D eigenvalue weighted by atomic mass is 9.95. The summed E-state index contributed by atoms with van der Waals surface area (Å²) in [5, 5.41) is 9.18. The van der Waals surface area contributed by atoms with Gasteiger partial charge in [0.25, 0.3) is 0 Å². The largest absolute Gasteiger partial charge is 0.396 e. The van der Waals surface area contributed by atoms with Crippen molar-refractivity contribution in [3.63, 3.8) is 0 Å². The quantitative estimate of drug-likeness (QED) is 0.721. The van der Waals surface area contributed by atoms with Gasteiger partial charge in [-0.1, -0.05) is 20.8 Å². The van der Waals surface area contributed by atoms with Crippen molar-refractivity contribution >= 4 is 0 Å². The van der Waals surface area contributed by atoms with E-state index >= 15 is 0 Å². The molecule has 1 aliphatic carbocycles. The molecule has 0 aromatic carbocycles. The summed E-state index contributed by atoms with van der Waals surface area (Å²) in [6, 6.07) is 0. The van der Waals surface area contributed by atoms with E-state index in [1.165, 1.54) is 12.8 Å². The fraction of sp³-hybridized carbons (Fsp3) is 1.00. The Balaban J connectivity index is 2.29. The van der Waals surface area contributed by atoms with E-state index in [1.807, 2.05) is 0 Å². The van der Waals surface area contributed by atoms with Gasteiger partial charge in [-0.25, -0.2) is 0 Å². The van der Waals surface area contributed by atoms with Crippen molar-refractivity contribution < 1.29 is 5.11 Å². The Kier molecular flexibility index (Phi) is 3.03. The summed E-state index contributed by atoms with van der Waals surface area (Å²) in [5.74, 6) is 0. The summed E-state index contributed by atoms with van der Waals surface area (Å²) in [6.45, 7) is 9.28. The predicted octanol–water partition coefficient (Wildman–Crippen LogP) is 1.74. The average Bonchev–Trinajstić information content (AvgIpc) is 2.65. The molecule has 0 atom stereocenters. The van der Waals surface area contributed by atoms with Crippen LogP contribution in [0.4, 0.5) is 0 Å². The van der Waals surface area contributed by atoms with Gasteiger partial charge in [0.2, 0.25) is 0 Å². The second kappa shape index (κ2) is 3.58. The van der Waals surface area contributed by atoms with E-state index in [-0.39, 0.29) is 5.41 Å². The van der Waals surface area contributed by atoms with Crippen molar-refractivity contribution in [3.05, 3.63) is 0 Å². The summed E-state index contributed by atoms with van der Waals surface area (Å²) in [6.07, 6.45) is 2.41. The first-order valence-corrected chi connectivity index (χ1v) is 5.16. The highest BCUT2D eigenvalue weighted by Crippen LogP contribution is 2.45. The third-order valence-corrected chi connectivity index (χ3v) is 2.64. The van der Waals surface area contributed by atoms with E-state index in [1.54, 1.807) is 0 Å². The summed E-state index contributed by atoms with van der Waals surface area (Å²) in [7, 11) is 2.15. The van der Waals surface area contributed by atoms with E-state index in [4.69, 9.17) is 0 Å². The van der Waals surface area contributed by atoms with E-state index in [9.17, 15) is 5.11 Å². The maximum absolute atomic E-state index is 9.18. The normalized spacial score (nSPS) is 20.8. The lowest BCUT2D eigenvalue weighted by molar-refractivity contribution is 0.140. The topological polar surface area (TPSA) is 23.5 Å². The summed E-state index contributed by atoms with van der Waals surface area (Å²) < 4.78 is 0. The molecule has 0 amide bonds. The van der Waals surface area contributed by atoms with Crippen LogP contribution in [0.5, 0.6) is 0 Å². The van der Waals surface area contributed by atoms with Gasteiger partial charge < -0.3 is 10.0 Å². The molecule has 0 aliphatic heterocycles. The van der Waals surface area contributed by atoms with Crippen molar-refractivity contribution in [2.45, 2.75) is 33.6 Å². The molecule has 0 heterocycles. The Morgan fingerprint density at radius 3 is 2.15 bits per heavy atom. The van der Waals surface area contributed by atoms with Gasteiger partial charge in [0, 0.05) is 25.1 Å². The second-order valence-corrected chi connectivity index (χ2v) is 5.89. The summed E-state index contributed by atoms with van der Waals surface area (Å²) >= 11 is 0. The van der Waals surface area contributed by atoms with Crippen LogP contribution in [-0.4, -0.2) is 36.8 Å². The van der Waals surface area contributed by atoms with Crippen LogP contribution in [0.3, 0.4) is 0 Å². The highest BCUT2D eigenvalue weighted by atomic mass is 16.3. The van der Waals surface area contributed by atoms with Crippen LogP contribution < -0.4 is 0 Å².